The van der Waals surface area contributed by atoms with Gasteiger partial charge in [-0.25, -0.2) is 0 Å². The lowest BCUT2D eigenvalue weighted by atomic mass is 9.85. The molecule has 4 unspecified atom stereocenters. The van der Waals surface area contributed by atoms with Gasteiger partial charge in [-0.15, -0.1) is 0 Å². The molecule has 0 aromatic carbocycles. The van der Waals surface area contributed by atoms with Gasteiger partial charge in [0.2, 0.25) is 0 Å². The summed E-state index contributed by atoms with van der Waals surface area (Å²) in [6.07, 6.45) is 14.9. The molecular formula is C17H34B2N2. The molecular weight excluding hydrogens is 254 g/mol. The fourth-order valence-corrected chi connectivity index (χ4v) is 5.37. The molecule has 3 aliphatic rings. The fourth-order valence-electron chi connectivity index (χ4n) is 5.37. The fraction of sp³-hybridized carbons (Fsp3) is 1.00. The van der Waals surface area contributed by atoms with Gasteiger partial charge >= 0.3 is 0 Å². The highest BCUT2D eigenvalue weighted by molar-refractivity contribution is 6.04. The second-order valence-corrected chi connectivity index (χ2v) is 8.42. The molecule has 3 rings (SSSR count). The van der Waals surface area contributed by atoms with Crippen molar-refractivity contribution in [2.75, 3.05) is 19.6 Å². The van der Waals surface area contributed by atoms with Crippen molar-refractivity contribution in [3.8, 4) is 0 Å². The summed E-state index contributed by atoms with van der Waals surface area (Å²) in [5, 5.41) is 0. The van der Waals surface area contributed by atoms with Crippen molar-refractivity contribution in [2.24, 2.45) is 17.8 Å². The molecule has 0 aromatic heterocycles. The minimum absolute atomic E-state index is 0.906. The Kier molecular flexibility index (Phi) is 5.72. The Morgan fingerprint density at radius 2 is 1.57 bits per heavy atom. The zero-order chi connectivity index (χ0) is 14.7. The maximum absolute atomic E-state index is 2.65. The highest BCUT2D eigenvalue weighted by Crippen LogP contribution is 2.39. The molecule has 0 bridgehead atoms. The Morgan fingerprint density at radius 1 is 0.762 bits per heavy atom. The van der Waals surface area contributed by atoms with Crippen LogP contribution in [0.15, 0.2) is 0 Å². The maximum Gasteiger partial charge on any atom is 0.185 e. The third-order valence-corrected chi connectivity index (χ3v) is 6.57. The molecule has 0 aromatic rings. The molecule has 3 fully saturated rings. The molecule has 2 saturated heterocycles. The van der Waals surface area contributed by atoms with Crippen molar-refractivity contribution in [3.63, 3.8) is 0 Å². The van der Waals surface area contributed by atoms with Gasteiger partial charge in [-0.05, 0) is 88.4 Å². The molecule has 0 radical (unpaired) electrons. The molecule has 2 aliphatic heterocycles. The van der Waals surface area contributed by atoms with Crippen LogP contribution < -0.4 is 0 Å². The first-order valence-corrected chi connectivity index (χ1v) is 9.59. The SMILES string of the molecule is BN1CCCC(CC2CCC(CC3CCCCN3B)C2)C1. The molecule has 118 valence electrons. The summed E-state index contributed by atoms with van der Waals surface area (Å²) in [7, 11) is 4.66. The highest BCUT2D eigenvalue weighted by Gasteiger charge is 2.31. The van der Waals surface area contributed by atoms with Crippen LogP contribution in [0.2, 0.25) is 0 Å². The Hall–Kier alpha value is 0.0499. The molecule has 0 N–H and O–H groups in total. The molecule has 2 nitrogen and oxygen atoms in total. The number of hydrogen-bond acceptors (Lipinski definition) is 2. The monoisotopic (exact) mass is 288 g/mol. The van der Waals surface area contributed by atoms with Crippen LogP contribution in [0.4, 0.5) is 0 Å². The van der Waals surface area contributed by atoms with Gasteiger partial charge in [-0.3, -0.25) is 0 Å². The predicted octanol–water partition coefficient (Wildman–Crippen LogP) is 1.85. The summed E-state index contributed by atoms with van der Waals surface area (Å²) >= 11 is 0. The summed E-state index contributed by atoms with van der Waals surface area (Å²) in [6, 6.07) is 0.906. The van der Waals surface area contributed by atoms with Gasteiger partial charge in [-0.2, -0.15) is 0 Å². The third kappa shape index (κ3) is 4.51. The molecule has 0 spiro atoms. The van der Waals surface area contributed by atoms with Crippen LogP contribution in [0.25, 0.3) is 0 Å². The molecule has 21 heavy (non-hydrogen) atoms. The molecule has 4 heteroatoms. The van der Waals surface area contributed by atoms with Crippen LogP contribution in [0.5, 0.6) is 0 Å². The van der Waals surface area contributed by atoms with Crippen LogP contribution in [-0.2, 0) is 0 Å². The van der Waals surface area contributed by atoms with Crippen LogP contribution in [0, 0.1) is 17.8 Å². The lowest BCUT2D eigenvalue weighted by molar-refractivity contribution is 0.213. The second kappa shape index (κ2) is 7.55. The first-order valence-electron chi connectivity index (χ1n) is 9.59. The van der Waals surface area contributed by atoms with E-state index in [1.807, 2.05) is 0 Å². The highest BCUT2D eigenvalue weighted by atomic mass is 15.1. The quantitative estimate of drug-likeness (QED) is 0.728. The zero-order valence-corrected chi connectivity index (χ0v) is 14.4. The van der Waals surface area contributed by atoms with Gasteiger partial charge in [0.1, 0.15) is 0 Å². The number of hydrogen-bond donors (Lipinski definition) is 0. The van der Waals surface area contributed by atoms with E-state index < -0.39 is 0 Å². The van der Waals surface area contributed by atoms with Gasteiger partial charge in [0.15, 0.2) is 16.0 Å². The standard InChI is InChI=1S/C17H34B2N2/c18-20-8-3-4-16(13-20)11-14-6-7-15(10-14)12-17-5-1-2-9-21(17)19/h14-17H,1-13,18-19H2. The smallest absolute Gasteiger partial charge is 0.185 e. The number of nitrogens with zero attached hydrogens (tertiary/aromatic N) is 2. The van der Waals surface area contributed by atoms with Crippen molar-refractivity contribution in [1.29, 1.82) is 0 Å². The van der Waals surface area contributed by atoms with Gasteiger partial charge in [0.05, 0.1) is 0 Å². The van der Waals surface area contributed by atoms with Gasteiger partial charge in [0, 0.05) is 0 Å². The molecule has 0 amide bonds. The summed E-state index contributed by atoms with van der Waals surface area (Å²) in [4.78, 5) is 5.20. The average Bonchev–Trinajstić information content (AvgIpc) is 2.89. The number of rotatable bonds is 4. The predicted molar refractivity (Wildman–Crippen MR) is 95.8 cm³/mol. The molecule has 4 atom stereocenters. The molecule has 1 saturated carbocycles. The molecule has 1 aliphatic carbocycles. The van der Waals surface area contributed by atoms with E-state index in [1.165, 1.54) is 77.4 Å². The Bertz CT molecular complexity index is 326. The van der Waals surface area contributed by atoms with E-state index in [4.69, 9.17) is 0 Å². The summed E-state index contributed by atoms with van der Waals surface area (Å²) in [5.41, 5.74) is 0. The minimum Gasteiger partial charge on any atom is -0.348 e. The Labute approximate surface area is 133 Å². The summed E-state index contributed by atoms with van der Waals surface area (Å²) < 4.78 is 0. The maximum atomic E-state index is 2.65. The Morgan fingerprint density at radius 3 is 2.33 bits per heavy atom. The van der Waals surface area contributed by atoms with Gasteiger partial charge in [0.25, 0.3) is 0 Å². The normalized spacial score (nSPS) is 39.6. The van der Waals surface area contributed by atoms with Crippen molar-refractivity contribution in [1.82, 2.24) is 9.62 Å². The van der Waals surface area contributed by atoms with Crippen LogP contribution in [-0.4, -0.2) is 51.3 Å². The van der Waals surface area contributed by atoms with Crippen LogP contribution >= 0.6 is 0 Å². The van der Waals surface area contributed by atoms with E-state index in [1.54, 1.807) is 6.42 Å². The first kappa shape index (κ1) is 15.9. The van der Waals surface area contributed by atoms with Gasteiger partial charge in [-0.1, -0.05) is 19.3 Å². The van der Waals surface area contributed by atoms with Crippen molar-refractivity contribution < 1.29 is 0 Å². The van der Waals surface area contributed by atoms with E-state index in [2.05, 4.69) is 25.6 Å². The van der Waals surface area contributed by atoms with E-state index in [0.29, 0.717) is 0 Å². The van der Waals surface area contributed by atoms with Crippen LogP contribution in [0.1, 0.15) is 64.2 Å². The Balaban J connectivity index is 1.40. The summed E-state index contributed by atoms with van der Waals surface area (Å²) in [6.45, 7) is 4.04. The van der Waals surface area contributed by atoms with Crippen LogP contribution in [0.3, 0.4) is 0 Å². The van der Waals surface area contributed by atoms with E-state index in [-0.39, 0.29) is 0 Å². The van der Waals surface area contributed by atoms with Crippen molar-refractivity contribution >= 4 is 16.0 Å². The lowest BCUT2D eigenvalue weighted by Crippen LogP contribution is -2.38. The van der Waals surface area contributed by atoms with E-state index >= 15 is 0 Å². The van der Waals surface area contributed by atoms with Gasteiger partial charge < -0.3 is 9.62 Å². The van der Waals surface area contributed by atoms with Crippen molar-refractivity contribution in [2.45, 2.75) is 70.3 Å². The zero-order valence-electron chi connectivity index (χ0n) is 14.4. The summed E-state index contributed by atoms with van der Waals surface area (Å²) in [5.74, 6) is 3.10. The minimum atomic E-state index is 0.906. The van der Waals surface area contributed by atoms with Crippen molar-refractivity contribution in [3.05, 3.63) is 0 Å². The largest absolute Gasteiger partial charge is 0.348 e. The first-order chi connectivity index (χ1) is 10.2. The third-order valence-electron chi connectivity index (χ3n) is 6.57. The van der Waals surface area contributed by atoms with E-state index in [9.17, 15) is 0 Å². The topological polar surface area (TPSA) is 6.48 Å². The average molecular weight is 288 g/mol. The lowest BCUT2D eigenvalue weighted by Gasteiger charge is -2.35. The van der Waals surface area contributed by atoms with E-state index in [0.717, 1.165) is 23.8 Å². The number of piperidine rings is 2. The molecule has 2 heterocycles. The second-order valence-electron chi connectivity index (χ2n) is 8.42.